The Morgan fingerprint density at radius 2 is 1.92 bits per heavy atom. The molecule has 0 radical (unpaired) electrons. The van der Waals surface area contributed by atoms with Crippen LogP contribution in [0.15, 0.2) is 36.5 Å². The van der Waals surface area contributed by atoms with E-state index in [4.69, 9.17) is 4.98 Å². The summed E-state index contributed by atoms with van der Waals surface area (Å²) in [4.78, 5) is 11.8. The van der Waals surface area contributed by atoms with Gasteiger partial charge >= 0.3 is 0 Å². The van der Waals surface area contributed by atoms with Gasteiger partial charge in [0.05, 0.1) is 17.1 Å². The zero-order valence-electron chi connectivity index (χ0n) is 14.5. The van der Waals surface area contributed by atoms with Crippen molar-refractivity contribution in [3.63, 3.8) is 0 Å². The molecule has 1 aromatic carbocycles. The van der Waals surface area contributed by atoms with Crippen molar-refractivity contribution >= 4 is 0 Å². The van der Waals surface area contributed by atoms with Gasteiger partial charge in [-0.25, -0.2) is 9.97 Å². The second-order valence-electron chi connectivity index (χ2n) is 6.50. The molecule has 3 aromatic rings. The van der Waals surface area contributed by atoms with Crippen molar-refractivity contribution in [1.29, 1.82) is 0 Å². The molecule has 1 aliphatic heterocycles. The van der Waals surface area contributed by atoms with E-state index >= 15 is 0 Å². The van der Waals surface area contributed by atoms with Crippen LogP contribution in [0, 0.1) is 6.92 Å². The third-order valence-corrected chi connectivity index (χ3v) is 4.70. The number of aryl methyl sites for hydroxylation is 2. The van der Waals surface area contributed by atoms with E-state index < -0.39 is 0 Å². The maximum absolute atomic E-state index is 9.56. The molecule has 0 amide bonds. The predicted molar refractivity (Wildman–Crippen MR) is 94.9 cm³/mol. The van der Waals surface area contributed by atoms with Crippen molar-refractivity contribution in [1.82, 2.24) is 24.6 Å². The van der Waals surface area contributed by atoms with Gasteiger partial charge in [-0.15, -0.1) is 0 Å². The fourth-order valence-electron chi connectivity index (χ4n) is 3.37. The van der Waals surface area contributed by atoms with Crippen molar-refractivity contribution < 1.29 is 5.11 Å². The number of nitrogens with zero attached hydrogens (tertiary/aromatic N) is 5. The van der Waals surface area contributed by atoms with Gasteiger partial charge in [-0.3, -0.25) is 9.58 Å². The molecule has 0 spiro atoms. The van der Waals surface area contributed by atoms with Crippen LogP contribution in [0.25, 0.3) is 11.3 Å². The van der Waals surface area contributed by atoms with Crippen molar-refractivity contribution in [2.45, 2.75) is 26.4 Å². The molecule has 2 aromatic heterocycles. The number of rotatable bonds is 3. The first-order chi connectivity index (χ1) is 12.1. The Morgan fingerprint density at radius 3 is 2.64 bits per heavy atom. The Balaban J connectivity index is 1.68. The maximum Gasteiger partial charge on any atom is 0.126 e. The van der Waals surface area contributed by atoms with Gasteiger partial charge in [0, 0.05) is 50.4 Å². The van der Waals surface area contributed by atoms with E-state index in [0.29, 0.717) is 0 Å². The van der Waals surface area contributed by atoms with E-state index in [1.165, 1.54) is 11.3 Å². The SMILES string of the molecule is Cc1nc2c(c(-c3ccc(O)cc3)n1)CN(Cc1ccnn1C)CC2. The molecule has 0 unspecified atom stereocenters. The van der Waals surface area contributed by atoms with Gasteiger partial charge in [-0.05, 0) is 37.3 Å². The topological polar surface area (TPSA) is 67.1 Å². The summed E-state index contributed by atoms with van der Waals surface area (Å²) in [5, 5.41) is 13.8. The normalized spacial score (nSPS) is 14.5. The highest BCUT2D eigenvalue weighted by atomic mass is 16.3. The molecule has 4 rings (SSSR count). The average molecular weight is 335 g/mol. The first kappa shape index (κ1) is 15.8. The Labute approximate surface area is 146 Å². The largest absolute Gasteiger partial charge is 0.508 e. The second-order valence-corrected chi connectivity index (χ2v) is 6.50. The number of hydrogen-bond acceptors (Lipinski definition) is 5. The molecule has 0 bridgehead atoms. The molecule has 1 aliphatic rings. The molecule has 0 saturated heterocycles. The third kappa shape index (κ3) is 3.13. The fraction of sp³-hybridized carbons (Fsp3) is 0.316. The molecule has 0 saturated carbocycles. The molecular weight excluding hydrogens is 314 g/mol. The number of phenolic OH excluding ortho intramolecular Hbond substituents is 1. The van der Waals surface area contributed by atoms with Crippen molar-refractivity contribution in [3.8, 4) is 17.0 Å². The third-order valence-electron chi connectivity index (χ3n) is 4.70. The minimum atomic E-state index is 0.265. The molecule has 3 heterocycles. The summed E-state index contributed by atoms with van der Waals surface area (Å²) >= 11 is 0. The van der Waals surface area contributed by atoms with Crippen LogP contribution in [0.2, 0.25) is 0 Å². The highest BCUT2D eigenvalue weighted by Gasteiger charge is 2.23. The Hall–Kier alpha value is -2.73. The molecule has 0 aliphatic carbocycles. The van der Waals surface area contributed by atoms with E-state index in [0.717, 1.165) is 48.8 Å². The van der Waals surface area contributed by atoms with Crippen LogP contribution in [0.4, 0.5) is 0 Å². The molecule has 0 fully saturated rings. The summed E-state index contributed by atoms with van der Waals surface area (Å²) in [7, 11) is 1.97. The molecule has 6 nitrogen and oxygen atoms in total. The van der Waals surface area contributed by atoms with Crippen molar-refractivity contribution in [3.05, 3.63) is 59.3 Å². The van der Waals surface area contributed by atoms with Crippen LogP contribution in [0.3, 0.4) is 0 Å². The zero-order chi connectivity index (χ0) is 17.4. The maximum atomic E-state index is 9.56. The quantitative estimate of drug-likeness (QED) is 0.796. The van der Waals surface area contributed by atoms with Crippen LogP contribution in [-0.4, -0.2) is 36.3 Å². The smallest absolute Gasteiger partial charge is 0.126 e. The molecule has 1 N–H and O–H groups in total. The van der Waals surface area contributed by atoms with E-state index in [9.17, 15) is 5.11 Å². The molecule has 25 heavy (non-hydrogen) atoms. The lowest BCUT2D eigenvalue weighted by Gasteiger charge is -2.29. The number of phenols is 1. The lowest BCUT2D eigenvalue weighted by Crippen LogP contribution is -2.32. The van der Waals surface area contributed by atoms with Gasteiger partial charge in [0.1, 0.15) is 11.6 Å². The highest BCUT2D eigenvalue weighted by Crippen LogP contribution is 2.29. The lowest BCUT2D eigenvalue weighted by atomic mass is 9.99. The van der Waals surface area contributed by atoms with Gasteiger partial charge in [-0.1, -0.05) is 0 Å². The van der Waals surface area contributed by atoms with E-state index in [1.54, 1.807) is 12.1 Å². The summed E-state index contributed by atoms with van der Waals surface area (Å²) in [5.41, 5.74) is 5.50. The van der Waals surface area contributed by atoms with E-state index in [2.05, 4.69) is 21.0 Å². The second kappa shape index (κ2) is 6.29. The number of hydrogen-bond donors (Lipinski definition) is 1. The average Bonchev–Trinajstić information content (AvgIpc) is 3.00. The number of fused-ring (bicyclic) bond motifs is 1. The summed E-state index contributed by atoms with van der Waals surface area (Å²) in [5.74, 6) is 1.06. The van der Waals surface area contributed by atoms with Crippen molar-refractivity contribution in [2.75, 3.05) is 6.54 Å². The lowest BCUT2D eigenvalue weighted by molar-refractivity contribution is 0.237. The van der Waals surface area contributed by atoms with Crippen LogP contribution >= 0.6 is 0 Å². The van der Waals surface area contributed by atoms with Gasteiger partial charge in [0.25, 0.3) is 0 Å². The minimum absolute atomic E-state index is 0.265. The molecule has 128 valence electrons. The zero-order valence-corrected chi connectivity index (χ0v) is 14.5. The first-order valence-corrected chi connectivity index (χ1v) is 8.45. The van der Waals surface area contributed by atoms with Gasteiger partial charge < -0.3 is 5.11 Å². The number of aromatic hydroxyl groups is 1. The Bertz CT molecular complexity index is 901. The van der Waals surface area contributed by atoms with Gasteiger partial charge in [0.15, 0.2) is 0 Å². The van der Waals surface area contributed by atoms with Gasteiger partial charge in [0.2, 0.25) is 0 Å². The minimum Gasteiger partial charge on any atom is -0.508 e. The molecule has 0 atom stereocenters. The van der Waals surface area contributed by atoms with Crippen LogP contribution in [-0.2, 0) is 26.6 Å². The summed E-state index contributed by atoms with van der Waals surface area (Å²) in [6.45, 7) is 4.59. The highest BCUT2D eigenvalue weighted by molar-refractivity contribution is 5.65. The van der Waals surface area contributed by atoms with E-state index in [-0.39, 0.29) is 5.75 Å². The van der Waals surface area contributed by atoms with Crippen LogP contribution in [0.1, 0.15) is 22.8 Å². The van der Waals surface area contributed by atoms with Crippen molar-refractivity contribution in [2.24, 2.45) is 7.05 Å². The fourth-order valence-corrected chi connectivity index (χ4v) is 3.37. The van der Waals surface area contributed by atoms with Crippen LogP contribution < -0.4 is 0 Å². The first-order valence-electron chi connectivity index (χ1n) is 8.45. The van der Waals surface area contributed by atoms with E-state index in [1.807, 2.05) is 37.0 Å². The summed E-state index contributed by atoms with van der Waals surface area (Å²) < 4.78 is 1.92. The predicted octanol–water partition coefficient (Wildman–Crippen LogP) is 2.45. The Morgan fingerprint density at radius 1 is 1.12 bits per heavy atom. The number of benzene rings is 1. The summed E-state index contributed by atoms with van der Waals surface area (Å²) in [6.07, 6.45) is 2.75. The standard InChI is InChI=1S/C19H21N5O/c1-13-21-18-8-10-24(11-15-7-9-20-23(15)2)12-17(18)19(22-13)14-3-5-16(25)6-4-14/h3-7,9,25H,8,10-12H2,1-2H3. The summed E-state index contributed by atoms with van der Waals surface area (Å²) in [6, 6.07) is 9.29. The van der Waals surface area contributed by atoms with Gasteiger partial charge in [-0.2, -0.15) is 5.10 Å². The monoisotopic (exact) mass is 335 g/mol. The molecule has 6 heteroatoms. The van der Waals surface area contributed by atoms with Crippen LogP contribution in [0.5, 0.6) is 5.75 Å². The Kier molecular flexibility index (Phi) is 3.97. The molecular formula is C19H21N5O. The number of aromatic nitrogens is 4.